The van der Waals surface area contributed by atoms with Gasteiger partial charge in [-0.05, 0) is 87.4 Å². The molecule has 282 valence electrons. The first kappa shape index (κ1) is 36.9. The van der Waals surface area contributed by atoms with Crippen molar-refractivity contribution in [3.63, 3.8) is 0 Å². The number of anilines is 1. The summed E-state index contributed by atoms with van der Waals surface area (Å²) in [4.78, 5) is 18.6. The Morgan fingerprint density at radius 1 is 1.06 bits per heavy atom. The number of aromatic nitrogens is 6. The molecule has 3 atom stereocenters. The highest BCUT2D eigenvalue weighted by Gasteiger charge is 2.67. The van der Waals surface area contributed by atoms with Crippen molar-refractivity contribution in [2.45, 2.75) is 64.5 Å². The number of halogens is 6. The summed E-state index contributed by atoms with van der Waals surface area (Å²) in [6.07, 6.45) is -0.946. The Kier molecular flexibility index (Phi) is 8.98. The van der Waals surface area contributed by atoms with Crippen LogP contribution in [0.5, 0.6) is 0 Å². The van der Waals surface area contributed by atoms with Crippen molar-refractivity contribution in [1.82, 2.24) is 34.7 Å². The standard InChI is InChI=1S/C36H32F6N8O3S/c1-35(2,3)10-9-21-7-8-22(23-6-5-11-49-33(23)45-46-34(49)48-54(4,52)53)29(43-21)26(14-18-12-19(37)15-20(38)13-18)44-27(51)17-50-31-28(30(47-50)32(39)40)24-16-25(24)36(31,41)42/h5-8,11-13,15,24-26,32H,14,16-17H2,1-4H3,(H,44,51)(H,46,48)/t24-,25+,26-/m0/s1. The molecular formula is C36H32F6N8O3S. The van der Waals surface area contributed by atoms with E-state index >= 15 is 8.78 Å². The van der Waals surface area contributed by atoms with Gasteiger partial charge in [0, 0.05) is 40.3 Å². The molecule has 18 heteroatoms. The molecule has 0 radical (unpaired) electrons. The lowest BCUT2D eigenvalue weighted by molar-refractivity contribution is -0.123. The van der Waals surface area contributed by atoms with Crippen LogP contribution in [0.2, 0.25) is 0 Å². The van der Waals surface area contributed by atoms with Crippen molar-refractivity contribution >= 4 is 27.5 Å². The van der Waals surface area contributed by atoms with Crippen molar-refractivity contribution in [3.05, 3.63) is 94.2 Å². The van der Waals surface area contributed by atoms with Gasteiger partial charge < -0.3 is 5.32 Å². The second-order valence-corrected chi connectivity index (χ2v) is 16.2. The first-order valence-corrected chi connectivity index (χ1v) is 18.6. The molecule has 0 saturated heterocycles. The molecule has 4 aromatic heterocycles. The number of hydrogen-bond donors (Lipinski definition) is 2. The average Bonchev–Trinajstić information content (AvgIpc) is 3.55. The topological polar surface area (TPSA) is 136 Å². The van der Waals surface area contributed by atoms with Gasteiger partial charge in [-0.3, -0.25) is 18.6 Å². The number of alkyl halides is 4. The van der Waals surface area contributed by atoms with Crippen molar-refractivity contribution in [3.8, 4) is 23.0 Å². The molecule has 2 aliphatic rings. The smallest absolute Gasteiger partial charge is 0.293 e. The van der Waals surface area contributed by atoms with E-state index in [-0.39, 0.29) is 47.0 Å². The molecule has 2 aliphatic carbocycles. The Labute approximate surface area is 305 Å². The van der Waals surface area contributed by atoms with Gasteiger partial charge in [-0.1, -0.05) is 5.92 Å². The van der Waals surface area contributed by atoms with Crippen molar-refractivity contribution < 1.29 is 39.6 Å². The van der Waals surface area contributed by atoms with E-state index in [0.717, 1.165) is 18.4 Å². The van der Waals surface area contributed by atoms with Crippen LogP contribution in [0.1, 0.15) is 79.5 Å². The number of hydrogen-bond acceptors (Lipinski definition) is 7. The molecular weight excluding hydrogens is 739 g/mol. The normalized spacial score (nSPS) is 17.8. The molecule has 1 fully saturated rings. The number of nitrogens with zero attached hydrogens (tertiary/aromatic N) is 6. The molecule has 0 aliphatic heterocycles. The minimum absolute atomic E-state index is 0.0391. The van der Waals surface area contributed by atoms with Gasteiger partial charge in [0.25, 0.3) is 12.3 Å². The summed E-state index contributed by atoms with van der Waals surface area (Å²) in [5.41, 5.74) is -0.957. The van der Waals surface area contributed by atoms with E-state index in [4.69, 9.17) is 4.98 Å². The van der Waals surface area contributed by atoms with Crippen molar-refractivity contribution in [1.29, 1.82) is 0 Å². The fourth-order valence-corrected chi connectivity index (χ4v) is 7.26. The number of carbonyl (C=O) groups excluding carboxylic acids is 1. The van der Waals surface area contributed by atoms with E-state index < -0.39 is 81.1 Å². The summed E-state index contributed by atoms with van der Waals surface area (Å²) in [5.74, 6) is -2.20. The number of fused-ring (bicyclic) bond motifs is 4. The quantitative estimate of drug-likeness (QED) is 0.126. The summed E-state index contributed by atoms with van der Waals surface area (Å²) in [6.45, 7) is 4.76. The second kappa shape index (κ2) is 13.1. The number of nitrogens with one attached hydrogen (secondary N) is 2. The molecule has 1 amide bonds. The number of rotatable bonds is 10. The fraction of sp³-hybridized carbons (Fsp3) is 0.361. The van der Waals surface area contributed by atoms with Crippen LogP contribution in [-0.2, 0) is 33.7 Å². The van der Waals surface area contributed by atoms with Crippen LogP contribution in [0.15, 0.2) is 48.7 Å². The van der Waals surface area contributed by atoms with Crippen LogP contribution in [0.3, 0.4) is 0 Å². The van der Waals surface area contributed by atoms with E-state index in [1.807, 2.05) is 20.8 Å². The predicted molar refractivity (Wildman–Crippen MR) is 184 cm³/mol. The number of amides is 1. The van der Waals surface area contributed by atoms with Crippen LogP contribution in [0.25, 0.3) is 16.8 Å². The minimum atomic E-state index is -3.76. The summed E-state index contributed by atoms with van der Waals surface area (Å²) >= 11 is 0. The number of sulfonamides is 1. The van der Waals surface area contributed by atoms with Gasteiger partial charge in [-0.2, -0.15) is 13.9 Å². The zero-order valence-electron chi connectivity index (χ0n) is 29.1. The third-order valence-corrected chi connectivity index (χ3v) is 9.53. The maximum absolute atomic E-state index is 15.3. The fourth-order valence-electron chi connectivity index (χ4n) is 6.79. The molecule has 11 nitrogen and oxygen atoms in total. The number of carbonyl (C=O) groups is 1. The van der Waals surface area contributed by atoms with Crippen molar-refractivity contribution in [2.75, 3.05) is 11.0 Å². The maximum atomic E-state index is 15.3. The van der Waals surface area contributed by atoms with Gasteiger partial charge in [0.05, 0.1) is 18.0 Å². The Bertz CT molecular complexity index is 2480. The first-order valence-electron chi connectivity index (χ1n) is 16.7. The lowest BCUT2D eigenvalue weighted by Crippen LogP contribution is -2.35. The molecule has 1 aromatic carbocycles. The average molecular weight is 771 g/mol. The largest absolute Gasteiger partial charge is 0.346 e. The van der Waals surface area contributed by atoms with Crippen molar-refractivity contribution in [2.24, 2.45) is 11.3 Å². The lowest BCUT2D eigenvalue weighted by atomic mass is 9.94. The van der Waals surface area contributed by atoms with E-state index in [1.54, 1.807) is 24.3 Å². The highest BCUT2D eigenvalue weighted by atomic mass is 32.2. The third kappa shape index (κ3) is 7.24. The second-order valence-electron chi connectivity index (χ2n) is 14.4. The highest BCUT2D eigenvalue weighted by molar-refractivity contribution is 7.92. The van der Waals surface area contributed by atoms with E-state index in [1.165, 1.54) is 10.6 Å². The van der Waals surface area contributed by atoms with E-state index in [2.05, 4.69) is 37.2 Å². The van der Waals surface area contributed by atoms with E-state index in [9.17, 15) is 30.8 Å². The Hall–Kier alpha value is -5.44. The summed E-state index contributed by atoms with van der Waals surface area (Å²) in [7, 11) is -3.76. The Morgan fingerprint density at radius 3 is 2.44 bits per heavy atom. The molecule has 7 rings (SSSR count). The summed E-state index contributed by atoms with van der Waals surface area (Å²) < 4.78 is 116. The highest BCUT2D eigenvalue weighted by Crippen LogP contribution is 2.68. The lowest BCUT2D eigenvalue weighted by Gasteiger charge is -2.23. The van der Waals surface area contributed by atoms with Crippen LogP contribution >= 0.6 is 0 Å². The minimum Gasteiger partial charge on any atom is -0.346 e. The Balaban J connectivity index is 1.35. The van der Waals surface area contributed by atoms with Gasteiger partial charge in [-0.25, -0.2) is 31.0 Å². The zero-order chi connectivity index (χ0) is 38.9. The van der Waals surface area contributed by atoms with E-state index in [0.29, 0.717) is 21.9 Å². The van der Waals surface area contributed by atoms with Crippen LogP contribution in [0.4, 0.5) is 32.3 Å². The molecule has 0 unspecified atom stereocenters. The molecule has 0 spiro atoms. The Morgan fingerprint density at radius 2 is 1.78 bits per heavy atom. The first-order chi connectivity index (χ1) is 25.3. The number of pyridine rings is 2. The molecule has 4 heterocycles. The SMILES string of the molecule is CC(C)(C)C#Cc1ccc(-c2cccn3c(NS(C)(=O)=O)nnc23)c([C@H](Cc2cc(F)cc(F)c2)NC(=O)Cn2nc(C(F)F)c3c2C(F)(F)[C@@H]2C[C@H]32)n1. The zero-order valence-corrected chi connectivity index (χ0v) is 30.0. The maximum Gasteiger partial charge on any atom is 0.293 e. The van der Waals surface area contributed by atoms with Gasteiger partial charge in [0.2, 0.25) is 21.9 Å². The summed E-state index contributed by atoms with van der Waals surface area (Å²) in [5, 5.41) is 14.6. The molecule has 5 aromatic rings. The van der Waals surface area contributed by atoms with Gasteiger partial charge in [0.15, 0.2) is 5.65 Å². The van der Waals surface area contributed by atoms with Gasteiger partial charge in [-0.15, -0.1) is 10.2 Å². The molecule has 1 saturated carbocycles. The van der Waals surface area contributed by atoms with Gasteiger partial charge >= 0.3 is 0 Å². The van der Waals surface area contributed by atoms with Crippen LogP contribution < -0.4 is 10.0 Å². The van der Waals surface area contributed by atoms with Crippen LogP contribution in [-0.4, -0.2) is 49.9 Å². The summed E-state index contributed by atoms with van der Waals surface area (Å²) in [6, 6.07) is 7.95. The predicted octanol–water partition coefficient (Wildman–Crippen LogP) is 6.28. The molecule has 54 heavy (non-hydrogen) atoms. The number of benzene rings is 1. The molecule has 0 bridgehead atoms. The molecule has 2 N–H and O–H groups in total. The van der Waals surface area contributed by atoms with Crippen LogP contribution in [0, 0.1) is 34.8 Å². The monoisotopic (exact) mass is 770 g/mol. The van der Waals surface area contributed by atoms with Gasteiger partial charge in [0.1, 0.15) is 35.3 Å². The third-order valence-electron chi connectivity index (χ3n) is 8.98.